The topological polar surface area (TPSA) is 75.7 Å². The van der Waals surface area contributed by atoms with E-state index in [0.717, 1.165) is 17.7 Å². The summed E-state index contributed by atoms with van der Waals surface area (Å²) in [6.45, 7) is 2.06. The molecule has 0 heterocycles. The number of hydrogen-bond donors (Lipinski definition) is 1. The summed E-state index contributed by atoms with van der Waals surface area (Å²) >= 11 is 1.38. The highest BCUT2D eigenvalue weighted by Gasteiger charge is 2.22. The van der Waals surface area contributed by atoms with Gasteiger partial charge in [-0.15, -0.1) is 11.8 Å². The second kappa shape index (κ2) is 11.7. The number of benzene rings is 2. The van der Waals surface area contributed by atoms with E-state index in [1.807, 2.05) is 24.1 Å². The second-order valence-corrected chi connectivity index (χ2v) is 8.85. The van der Waals surface area contributed by atoms with E-state index in [1.165, 1.54) is 31.0 Å². The molecule has 0 radical (unpaired) electrons. The standard InChI is InChI=1S/C25H30N2O4S/c1-3-31-25(30)18-13-15-19(16-14-18)26-24(29)21-11-7-8-12-22(21)32-17-23(28)27(2)20-9-5-4-6-10-20/h7-8,11-16,20H,3-6,9-10,17H2,1-2H3,(H,26,29). The number of nitrogens with one attached hydrogen (secondary N) is 1. The molecule has 0 aliphatic heterocycles. The fourth-order valence-electron chi connectivity index (χ4n) is 3.80. The summed E-state index contributed by atoms with van der Waals surface area (Å²) in [5, 5.41) is 2.86. The largest absolute Gasteiger partial charge is 0.462 e. The Morgan fingerprint density at radius 3 is 2.41 bits per heavy atom. The van der Waals surface area contributed by atoms with Crippen molar-refractivity contribution in [3.63, 3.8) is 0 Å². The summed E-state index contributed by atoms with van der Waals surface area (Å²) < 4.78 is 4.98. The molecular formula is C25H30N2O4S. The third kappa shape index (κ3) is 6.36. The molecule has 3 rings (SSSR count). The molecule has 170 valence electrons. The van der Waals surface area contributed by atoms with Crippen molar-refractivity contribution in [3.8, 4) is 0 Å². The van der Waals surface area contributed by atoms with E-state index in [2.05, 4.69) is 5.32 Å². The predicted octanol–water partition coefficient (Wildman–Crippen LogP) is 5.00. The van der Waals surface area contributed by atoms with Crippen LogP contribution in [0, 0.1) is 0 Å². The molecule has 0 unspecified atom stereocenters. The van der Waals surface area contributed by atoms with Crippen molar-refractivity contribution in [2.45, 2.75) is 50.0 Å². The van der Waals surface area contributed by atoms with Gasteiger partial charge in [-0.05, 0) is 56.2 Å². The Kier molecular flexibility index (Phi) is 8.73. The lowest BCUT2D eigenvalue weighted by Gasteiger charge is -2.31. The van der Waals surface area contributed by atoms with Gasteiger partial charge in [-0.1, -0.05) is 31.4 Å². The van der Waals surface area contributed by atoms with Crippen LogP contribution in [0.25, 0.3) is 0 Å². The molecule has 7 heteroatoms. The van der Waals surface area contributed by atoms with Crippen LogP contribution in [-0.2, 0) is 9.53 Å². The molecule has 6 nitrogen and oxygen atoms in total. The third-order valence-corrected chi connectivity index (χ3v) is 6.71. The van der Waals surface area contributed by atoms with Crippen LogP contribution in [0.3, 0.4) is 0 Å². The van der Waals surface area contributed by atoms with Gasteiger partial charge in [0.25, 0.3) is 5.91 Å². The van der Waals surface area contributed by atoms with Gasteiger partial charge in [0.15, 0.2) is 0 Å². The minimum Gasteiger partial charge on any atom is -0.462 e. The van der Waals surface area contributed by atoms with Gasteiger partial charge in [-0.25, -0.2) is 4.79 Å². The lowest BCUT2D eigenvalue weighted by Crippen LogP contribution is -2.39. The normalized spacial score (nSPS) is 13.9. The lowest BCUT2D eigenvalue weighted by atomic mass is 9.94. The van der Waals surface area contributed by atoms with Crippen LogP contribution in [-0.4, -0.2) is 48.1 Å². The number of esters is 1. The Labute approximate surface area is 193 Å². The average molecular weight is 455 g/mol. The second-order valence-electron chi connectivity index (χ2n) is 7.83. The molecule has 0 spiro atoms. The van der Waals surface area contributed by atoms with E-state index in [9.17, 15) is 14.4 Å². The van der Waals surface area contributed by atoms with Crippen LogP contribution in [0.4, 0.5) is 5.69 Å². The van der Waals surface area contributed by atoms with Crippen LogP contribution < -0.4 is 5.32 Å². The highest BCUT2D eigenvalue weighted by molar-refractivity contribution is 8.00. The Hall–Kier alpha value is -2.80. The first-order valence-corrected chi connectivity index (χ1v) is 12.0. The smallest absolute Gasteiger partial charge is 0.338 e. The van der Waals surface area contributed by atoms with E-state index in [4.69, 9.17) is 4.74 Å². The summed E-state index contributed by atoms with van der Waals surface area (Å²) in [6.07, 6.45) is 5.75. The molecule has 1 N–H and O–H groups in total. The minimum atomic E-state index is -0.394. The van der Waals surface area contributed by atoms with Crippen molar-refractivity contribution in [3.05, 3.63) is 59.7 Å². The Bertz CT molecular complexity index is 939. The molecule has 0 atom stereocenters. The molecule has 2 amide bonds. The lowest BCUT2D eigenvalue weighted by molar-refractivity contribution is -0.129. The van der Waals surface area contributed by atoms with Gasteiger partial charge in [0.1, 0.15) is 0 Å². The van der Waals surface area contributed by atoms with Crippen LogP contribution in [0.15, 0.2) is 53.4 Å². The van der Waals surface area contributed by atoms with Crippen LogP contribution in [0.2, 0.25) is 0 Å². The summed E-state index contributed by atoms with van der Waals surface area (Å²) in [7, 11) is 1.89. The highest BCUT2D eigenvalue weighted by Crippen LogP contribution is 2.26. The molecular weight excluding hydrogens is 424 g/mol. The summed E-state index contributed by atoms with van der Waals surface area (Å²) in [4.78, 5) is 40.0. The Morgan fingerprint density at radius 1 is 1.03 bits per heavy atom. The van der Waals surface area contributed by atoms with Crippen LogP contribution in [0.5, 0.6) is 0 Å². The fraction of sp³-hybridized carbons (Fsp3) is 0.400. The first-order chi connectivity index (χ1) is 15.5. The molecule has 32 heavy (non-hydrogen) atoms. The molecule has 0 bridgehead atoms. The van der Waals surface area contributed by atoms with Crippen LogP contribution >= 0.6 is 11.8 Å². The number of ether oxygens (including phenoxy) is 1. The number of amides is 2. The zero-order valence-corrected chi connectivity index (χ0v) is 19.5. The van der Waals surface area contributed by atoms with Gasteiger partial charge in [0.2, 0.25) is 5.91 Å². The van der Waals surface area contributed by atoms with Gasteiger partial charge < -0.3 is 15.0 Å². The quantitative estimate of drug-likeness (QED) is 0.449. The average Bonchev–Trinajstić information content (AvgIpc) is 2.83. The molecule has 1 fully saturated rings. The molecule has 2 aromatic rings. The molecule has 1 aliphatic rings. The summed E-state index contributed by atoms with van der Waals surface area (Å²) in [5.41, 5.74) is 1.53. The van der Waals surface area contributed by atoms with Crippen molar-refractivity contribution in [2.24, 2.45) is 0 Å². The van der Waals surface area contributed by atoms with E-state index < -0.39 is 5.97 Å². The molecule has 2 aromatic carbocycles. The van der Waals surface area contributed by atoms with Crippen molar-refractivity contribution in [1.29, 1.82) is 0 Å². The number of anilines is 1. The molecule has 1 saturated carbocycles. The summed E-state index contributed by atoms with van der Waals surface area (Å²) in [6, 6.07) is 14.2. The highest BCUT2D eigenvalue weighted by atomic mass is 32.2. The number of carbonyl (C=O) groups excluding carboxylic acids is 3. The van der Waals surface area contributed by atoms with E-state index in [0.29, 0.717) is 35.2 Å². The zero-order valence-electron chi connectivity index (χ0n) is 18.6. The monoisotopic (exact) mass is 454 g/mol. The van der Waals surface area contributed by atoms with Gasteiger partial charge in [-0.2, -0.15) is 0 Å². The molecule has 0 saturated heterocycles. The maximum absolute atomic E-state index is 12.9. The van der Waals surface area contributed by atoms with Crippen molar-refractivity contribution < 1.29 is 19.1 Å². The maximum atomic E-state index is 12.9. The number of nitrogens with zero attached hydrogens (tertiary/aromatic N) is 1. The van der Waals surface area contributed by atoms with E-state index in [1.54, 1.807) is 43.3 Å². The van der Waals surface area contributed by atoms with Gasteiger partial charge in [0, 0.05) is 23.7 Å². The van der Waals surface area contributed by atoms with Gasteiger partial charge in [-0.3, -0.25) is 9.59 Å². The minimum absolute atomic E-state index is 0.0895. The fourth-order valence-corrected chi connectivity index (χ4v) is 4.77. The number of rotatable bonds is 8. The predicted molar refractivity (Wildman–Crippen MR) is 127 cm³/mol. The van der Waals surface area contributed by atoms with Crippen LogP contribution in [0.1, 0.15) is 59.7 Å². The zero-order chi connectivity index (χ0) is 22.9. The maximum Gasteiger partial charge on any atom is 0.338 e. The van der Waals surface area contributed by atoms with Gasteiger partial charge in [0.05, 0.1) is 23.5 Å². The first kappa shape index (κ1) is 23.9. The Morgan fingerprint density at radius 2 is 1.72 bits per heavy atom. The number of thioether (sulfide) groups is 1. The molecule has 0 aromatic heterocycles. The van der Waals surface area contributed by atoms with E-state index >= 15 is 0 Å². The number of carbonyl (C=O) groups is 3. The Balaban J connectivity index is 1.61. The first-order valence-electron chi connectivity index (χ1n) is 11.1. The number of hydrogen-bond acceptors (Lipinski definition) is 5. The van der Waals surface area contributed by atoms with Gasteiger partial charge >= 0.3 is 5.97 Å². The van der Waals surface area contributed by atoms with Crippen molar-refractivity contribution >= 4 is 35.2 Å². The molecule has 1 aliphatic carbocycles. The SMILES string of the molecule is CCOC(=O)c1ccc(NC(=O)c2ccccc2SCC(=O)N(C)C2CCCCC2)cc1. The summed E-state index contributed by atoms with van der Waals surface area (Å²) in [5.74, 6) is -0.266. The van der Waals surface area contributed by atoms with Crippen molar-refractivity contribution in [1.82, 2.24) is 4.90 Å². The van der Waals surface area contributed by atoms with Crippen molar-refractivity contribution in [2.75, 3.05) is 24.7 Å². The van der Waals surface area contributed by atoms with E-state index in [-0.39, 0.29) is 11.8 Å². The third-order valence-electron chi connectivity index (χ3n) is 5.65.